The topological polar surface area (TPSA) is 69.7 Å². The molecule has 0 aromatic heterocycles. The lowest BCUT2D eigenvalue weighted by Gasteiger charge is -2.19. The van der Waals surface area contributed by atoms with Gasteiger partial charge in [-0.05, 0) is 24.3 Å². The molecule has 0 spiro atoms. The van der Waals surface area contributed by atoms with E-state index in [9.17, 15) is 13.2 Å². The van der Waals surface area contributed by atoms with Gasteiger partial charge in [0.05, 0.1) is 0 Å². The molecule has 1 aliphatic heterocycles. The van der Waals surface area contributed by atoms with Crippen molar-refractivity contribution < 1.29 is 13.2 Å². The lowest BCUT2D eigenvalue weighted by atomic mass is 10.3. The molecule has 1 N–H and O–H groups in total. The van der Waals surface area contributed by atoms with Crippen molar-refractivity contribution in [3.63, 3.8) is 0 Å². The van der Waals surface area contributed by atoms with Crippen molar-refractivity contribution in [3.05, 3.63) is 29.3 Å². The van der Waals surface area contributed by atoms with Gasteiger partial charge in [-0.25, -0.2) is 0 Å². The van der Waals surface area contributed by atoms with E-state index in [1.807, 2.05) is 0 Å². The van der Waals surface area contributed by atoms with Gasteiger partial charge in [-0.1, -0.05) is 11.6 Å². The fourth-order valence-corrected chi connectivity index (χ4v) is 2.89. The molecule has 110 valence electrons. The zero-order valence-electron chi connectivity index (χ0n) is 11.2. The second-order valence-corrected chi connectivity index (χ2v) is 7.14. The molecule has 0 radical (unpaired) electrons. The minimum atomic E-state index is -3.53. The van der Waals surface area contributed by atoms with E-state index in [-0.39, 0.29) is 12.3 Å². The zero-order valence-corrected chi connectivity index (χ0v) is 12.8. The highest BCUT2D eigenvalue weighted by atomic mass is 35.5. The molecule has 1 atom stereocenters. The smallest absolute Gasteiger partial charge is 0.279 e. The fourth-order valence-electron chi connectivity index (χ4n) is 1.97. The Morgan fingerprint density at radius 2 is 1.90 bits per heavy atom. The lowest BCUT2D eigenvalue weighted by Crippen LogP contribution is -2.43. The van der Waals surface area contributed by atoms with Crippen LogP contribution in [0.15, 0.2) is 24.3 Å². The summed E-state index contributed by atoms with van der Waals surface area (Å²) in [4.78, 5) is 13.5. The monoisotopic (exact) mass is 317 g/mol. The number of halogens is 1. The van der Waals surface area contributed by atoms with Gasteiger partial charge in [0, 0.05) is 43.8 Å². The molecule has 1 fully saturated rings. The van der Waals surface area contributed by atoms with Crippen LogP contribution in [-0.2, 0) is 15.0 Å². The van der Waals surface area contributed by atoms with Gasteiger partial charge in [0.2, 0.25) is 5.91 Å². The average molecular weight is 318 g/mol. The summed E-state index contributed by atoms with van der Waals surface area (Å²) in [6, 6.07) is 6.44. The average Bonchev–Trinajstić information content (AvgIpc) is 2.70. The Bertz CT molecular complexity index is 601. The van der Waals surface area contributed by atoms with Crippen molar-refractivity contribution in [2.24, 2.45) is 0 Å². The summed E-state index contributed by atoms with van der Waals surface area (Å²) in [6.45, 7) is 0.313. The third-order valence-corrected chi connectivity index (χ3v) is 4.90. The summed E-state index contributed by atoms with van der Waals surface area (Å²) in [5, 5.41) is 0.588. The highest BCUT2D eigenvalue weighted by Gasteiger charge is 2.33. The summed E-state index contributed by atoms with van der Waals surface area (Å²) in [5.74, 6) is -0.112. The van der Waals surface area contributed by atoms with Gasteiger partial charge in [0.1, 0.15) is 0 Å². The van der Waals surface area contributed by atoms with Gasteiger partial charge in [0.25, 0.3) is 10.2 Å². The predicted molar refractivity (Wildman–Crippen MR) is 78.0 cm³/mol. The minimum absolute atomic E-state index is 0.112. The molecule has 0 saturated carbocycles. The van der Waals surface area contributed by atoms with Gasteiger partial charge >= 0.3 is 0 Å². The first-order chi connectivity index (χ1) is 9.29. The number of hydrogen-bond donors (Lipinski definition) is 1. The molecule has 2 rings (SSSR count). The number of carbonyl (C=O) groups excluding carboxylic acids is 1. The molecule has 20 heavy (non-hydrogen) atoms. The maximum Gasteiger partial charge on any atom is 0.279 e. The van der Waals surface area contributed by atoms with Crippen molar-refractivity contribution in [1.82, 2.24) is 9.03 Å². The van der Waals surface area contributed by atoms with Gasteiger partial charge < -0.3 is 4.90 Å². The first-order valence-corrected chi connectivity index (χ1v) is 7.87. The summed E-state index contributed by atoms with van der Waals surface area (Å²) in [5.41, 5.74) is 0.714. The van der Waals surface area contributed by atoms with Gasteiger partial charge in [-0.2, -0.15) is 17.4 Å². The fraction of sp³-hybridized carbons (Fsp3) is 0.417. The minimum Gasteiger partial charge on any atom is -0.311 e. The summed E-state index contributed by atoms with van der Waals surface area (Å²) in [7, 11) is -0.653. The second-order valence-electron chi connectivity index (χ2n) is 4.79. The number of anilines is 1. The summed E-state index contributed by atoms with van der Waals surface area (Å²) < 4.78 is 27.1. The molecule has 6 nitrogen and oxygen atoms in total. The SMILES string of the molecule is CN(C)S(=O)(=O)NC1CC(=O)N(c2ccc(Cl)cc2)C1. The van der Waals surface area contributed by atoms with Crippen molar-refractivity contribution in [1.29, 1.82) is 0 Å². The van der Waals surface area contributed by atoms with Gasteiger partial charge in [-0.15, -0.1) is 0 Å². The molecular formula is C12H16ClN3O3S. The van der Waals surface area contributed by atoms with Crippen molar-refractivity contribution >= 4 is 33.4 Å². The zero-order chi connectivity index (χ0) is 14.9. The van der Waals surface area contributed by atoms with E-state index in [4.69, 9.17) is 11.6 Å². The third kappa shape index (κ3) is 3.29. The molecule has 1 aromatic carbocycles. The van der Waals surface area contributed by atoms with Crippen LogP contribution in [0, 0.1) is 0 Å². The van der Waals surface area contributed by atoms with E-state index >= 15 is 0 Å². The molecule has 1 aliphatic rings. The molecule has 1 saturated heterocycles. The largest absolute Gasteiger partial charge is 0.311 e. The van der Waals surface area contributed by atoms with E-state index < -0.39 is 16.3 Å². The highest BCUT2D eigenvalue weighted by molar-refractivity contribution is 7.87. The van der Waals surface area contributed by atoms with E-state index in [2.05, 4.69) is 4.72 Å². The number of rotatable bonds is 4. The van der Waals surface area contributed by atoms with Crippen LogP contribution < -0.4 is 9.62 Å². The number of carbonyl (C=O) groups is 1. The molecule has 0 aliphatic carbocycles. The first-order valence-electron chi connectivity index (χ1n) is 6.05. The Morgan fingerprint density at radius 3 is 2.45 bits per heavy atom. The lowest BCUT2D eigenvalue weighted by molar-refractivity contribution is -0.117. The highest BCUT2D eigenvalue weighted by Crippen LogP contribution is 2.23. The van der Waals surface area contributed by atoms with Crippen molar-refractivity contribution in [3.8, 4) is 0 Å². The molecule has 1 unspecified atom stereocenters. The van der Waals surface area contributed by atoms with Crippen LogP contribution in [0.5, 0.6) is 0 Å². The summed E-state index contributed by atoms with van der Waals surface area (Å²) in [6.07, 6.45) is 0.149. The molecule has 1 aromatic rings. The summed E-state index contributed by atoms with van der Waals surface area (Å²) >= 11 is 5.80. The Balaban J connectivity index is 2.10. The van der Waals surface area contributed by atoms with Crippen LogP contribution in [-0.4, -0.2) is 45.3 Å². The van der Waals surface area contributed by atoms with Crippen LogP contribution in [0.3, 0.4) is 0 Å². The Kier molecular flexibility index (Phi) is 4.33. The Morgan fingerprint density at radius 1 is 1.30 bits per heavy atom. The molecule has 1 amide bonds. The number of benzene rings is 1. The van der Waals surface area contributed by atoms with Gasteiger partial charge in [0.15, 0.2) is 0 Å². The maximum atomic E-state index is 12.0. The van der Waals surface area contributed by atoms with Crippen LogP contribution in [0.4, 0.5) is 5.69 Å². The first kappa shape index (κ1) is 15.2. The molecule has 1 heterocycles. The van der Waals surface area contributed by atoms with E-state index in [0.29, 0.717) is 17.3 Å². The van der Waals surface area contributed by atoms with Crippen LogP contribution >= 0.6 is 11.6 Å². The standard InChI is InChI=1S/C12H16ClN3O3S/c1-15(2)20(18,19)14-10-7-12(17)16(8-10)11-5-3-9(13)4-6-11/h3-6,10,14H,7-8H2,1-2H3. The third-order valence-electron chi connectivity index (χ3n) is 3.06. The van der Waals surface area contributed by atoms with Crippen molar-refractivity contribution in [2.45, 2.75) is 12.5 Å². The normalized spacial score (nSPS) is 19.9. The molecule has 8 heteroatoms. The number of nitrogens with one attached hydrogen (secondary N) is 1. The molecular weight excluding hydrogens is 302 g/mol. The van der Waals surface area contributed by atoms with E-state index in [0.717, 1.165) is 4.31 Å². The quantitative estimate of drug-likeness (QED) is 0.894. The van der Waals surface area contributed by atoms with Crippen LogP contribution in [0.2, 0.25) is 5.02 Å². The Labute approximate surface area is 123 Å². The van der Waals surface area contributed by atoms with E-state index in [1.54, 1.807) is 29.2 Å². The van der Waals surface area contributed by atoms with Gasteiger partial charge in [-0.3, -0.25) is 4.79 Å². The number of amides is 1. The maximum absolute atomic E-state index is 12.0. The number of nitrogens with zero attached hydrogens (tertiary/aromatic N) is 2. The predicted octanol–water partition coefficient (Wildman–Crippen LogP) is 0.841. The molecule has 0 bridgehead atoms. The van der Waals surface area contributed by atoms with Crippen LogP contribution in [0.25, 0.3) is 0 Å². The van der Waals surface area contributed by atoms with Crippen molar-refractivity contribution in [2.75, 3.05) is 25.5 Å². The Hall–Kier alpha value is -1.15. The van der Waals surface area contributed by atoms with E-state index in [1.165, 1.54) is 14.1 Å². The van der Waals surface area contributed by atoms with Crippen LogP contribution in [0.1, 0.15) is 6.42 Å². The number of hydrogen-bond acceptors (Lipinski definition) is 3. The second kappa shape index (κ2) is 5.69.